The minimum absolute atomic E-state index is 0.0992. The van der Waals surface area contributed by atoms with Crippen molar-refractivity contribution in [2.45, 2.75) is 6.54 Å². The van der Waals surface area contributed by atoms with Crippen molar-refractivity contribution < 1.29 is 4.79 Å². The van der Waals surface area contributed by atoms with Gasteiger partial charge in [0.05, 0.1) is 18.4 Å². The van der Waals surface area contributed by atoms with Crippen LogP contribution in [0.4, 0.5) is 0 Å². The number of hydrogen-bond acceptors (Lipinski definition) is 6. The lowest BCUT2D eigenvalue weighted by Crippen LogP contribution is -2.49. The number of nitrogens with zero attached hydrogens (tertiary/aromatic N) is 7. The largest absolute Gasteiger partial charge is 0.335 e. The van der Waals surface area contributed by atoms with Gasteiger partial charge in [-0.05, 0) is 18.2 Å². The normalized spacial score (nSPS) is 14.9. The van der Waals surface area contributed by atoms with Crippen molar-refractivity contribution in [2.24, 2.45) is 0 Å². The van der Waals surface area contributed by atoms with Crippen LogP contribution in [0.1, 0.15) is 10.5 Å². The van der Waals surface area contributed by atoms with Crippen LogP contribution in [0.2, 0.25) is 0 Å². The van der Waals surface area contributed by atoms with Crippen molar-refractivity contribution in [1.82, 2.24) is 34.6 Å². The van der Waals surface area contributed by atoms with Crippen LogP contribution in [0.25, 0.3) is 5.69 Å². The molecule has 0 N–H and O–H groups in total. The van der Waals surface area contributed by atoms with Crippen molar-refractivity contribution in [3.05, 3.63) is 70.9 Å². The molecule has 1 aromatic carbocycles. The molecule has 0 aliphatic carbocycles. The molecular weight excluding hydrogens is 358 g/mol. The first kappa shape index (κ1) is 18.1. The van der Waals surface area contributed by atoms with E-state index in [1.54, 1.807) is 17.2 Å². The third-order valence-electron chi connectivity index (χ3n) is 4.77. The second-order valence-electron chi connectivity index (χ2n) is 6.57. The summed E-state index contributed by atoms with van der Waals surface area (Å²) < 4.78 is 1.46. The number of benzene rings is 1. The van der Waals surface area contributed by atoms with Crippen molar-refractivity contribution >= 4 is 5.91 Å². The van der Waals surface area contributed by atoms with Gasteiger partial charge in [-0.25, -0.2) is 4.68 Å². The van der Waals surface area contributed by atoms with Gasteiger partial charge in [-0.15, -0.1) is 5.10 Å². The zero-order valence-corrected chi connectivity index (χ0v) is 15.4. The second-order valence-corrected chi connectivity index (χ2v) is 6.57. The maximum absolute atomic E-state index is 12.7. The Balaban J connectivity index is 1.31. The summed E-state index contributed by atoms with van der Waals surface area (Å²) in [7, 11) is 0. The highest BCUT2D eigenvalue weighted by atomic mass is 16.2. The molecule has 0 saturated carbocycles. The second kappa shape index (κ2) is 8.13. The van der Waals surface area contributed by atoms with Crippen LogP contribution in [0.5, 0.6) is 0 Å². The van der Waals surface area contributed by atoms with Gasteiger partial charge in [0.15, 0.2) is 5.69 Å². The first-order valence-corrected chi connectivity index (χ1v) is 9.22. The van der Waals surface area contributed by atoms with Gasteiger partial charge in [0.1, 0.15) is 0 Å². The number of amides is 1. The molecule has 3 heterocycles. The summed E-state index contributed by atoms with van der Waals surface area (Å²) in [6.45, 7) is 4.00. The predicted molar refractivity (Wildman–Crippen MR) is 102 cm³/mol. The molecule has 144 valence electrons. The standard InChI is InChI=1S/C19H21N7O2/c27-18-7-4-8-20-25(18)14-11-23-9-12-24(13-10-23)19(28)17-15-21-26(22-17)16-5-2-1-3-6-16/h1-8,15H,9-14H2. The van der Waals surface area contributed by atoms with E-state index >= 15 is 0 Å². The SMILES string of the molecule is O=C(c1cnn(-c2ccccc2)n1)N1CCN(CCn2ncccc2=O)CC1. The van der Waals surface area contributed by atoms with E-state index in [9.17, 15) is 9.59 Å². The highest BCUT2D eigenvalue weighted by Crippen LogP contribution is 2.09. The molecule has 0 unspecified atom stereocenters. The van der Waals surface area contributed by atoms with Gasteiger partial charge < -0.3 is 4.90 Å². The molecule has 1 aliphatic rings. The first-order valence-electron chi connectivity index (χ1n) is 9.22. The van der Waals surface area contributed by atoms with Crippen LogP contribution in [0.3, 0.4) is 0 Å². The maximum Gasteiger partial charge on any atom is 0.276 e. The van der Waals surface area contributed by atoms with Crippen LogP contribution < -0.4 is 5.56 Å². The lowest BCUT2D eigenvalue weighted by molar-refractivity contribution is 0.0625. The Morgan fingerprint density at radius 2 is 1.71 bits per heavy atom. The summed E-state index contributed by atoms with van der Waals surface area (Å²) in [5.74, 6) is -0.109. The van der Waals surface area contributed by atoms with Gasteiger partial charge in [-0.3, -0.25) is 14.5 Å². The average molecular weight is 379 g/mol. The molecule has 4 rings (SSSR count). The molecule has 0 spiro atoms. The lowest BCUT2D eigenvalue weighted by atomic mass is 10.3. The monoisotopic (exact) mass is 379 g/mol. The van der Waals surface area contributed by atoms with Crippen molar-refractivity contribution in [3.63, 3.8) is 0 Å². The minimum Gasteiger partial charge on any atom is -0.335 e. The van der Waals surface area contributed by atoms with Crippen LogP contribution >= 0.6 is 0 Å². The summed E-state index contributed by atoms with van der Waals surface area (Å²) >= 11 is 0. The van der Waals surface area contributed by atoms with E-state index in [0.29, 0.717) is 25.3 Å². The van der Waals surface area contributed by atoms with Crippen LogP contribution in [-0.2, 0) is 6.54 Å². The minimum atomic E-state index is -0.109. The summed E-state index contributed by atoms with van der Waals surface area (Å²) in [6, 6.07) is 12.6. The predicted octanol–water partition coefficient (Wildman–Crippen LogP) is 0.282. The summed E-state index contributed by atoms with van der Waals surface area (Å²) in [5, 5.41) is 12.6. The summed E-state index contributed by atoms with van der Waals surface area (Å²) in [5.41, 5.74) is 1.06. The number of para-hydroxylation sites is 1. The van der Waals surface area contributed by atoms with Crippen LogP contribution in [0.15, 0.2) is 59.7 Å². The molecule has 2 aromatic heterocycles. The third kappa shape index (κ3) is 3.99. The van der Waals surface area contributed by atoms with E-state index in [2.05, 4.69) is 20.2 Å². The first-order chi connectivity index (χ1) is 13.7. The molecule has 0 bridgehead atoms. The number of hydrogen-bond donors (Lipinski definition) is 0. The maximum atomic E-state index is 12.7. The molecule has 0 atom stereocenters. The topological polar surface area (TPSA) is 89.2 Å². The van der Waals surface area contributed by atoms with Gasteiger partial charge in [-0.1, -0.05) is 18.2 Å². The van der Waals surface area contributed by atoms with Gasteiger partial charge in [0.2, 0.25) is 0 Å². The molecule has 0 radical (unpaired) electrons. The number of carbonyl (C=O) groups excluding carboxylic acids is 1. The van der Waals surface area contributed by atoms with Crippen LogP contribution in [0, 0.1) is 0 Å². The van der Waals surface area contributed by atoms with E-state index in [0.717, 1.165) is 25.3 Å². The molecule has 9 nitrogen and oxygen atoms in total. The fraction of sp³-hybridized carbons (Fsp3) is 0.316. The van der Waals surface area contributed by atoms with Gasteiger partial charge in [0, 0.05) is 45.0 Å². The van der Waals surface area contributed by atoms with Gasteiger partial charge in [0.25, 0.3) is 11.5 Å². The Morgan fingerprint density at radius 1 is 0.929 bits per heavy atom. The van der Waals surface area contributed by atoms with E-state index in [1.807, 2.05) is 30.3 Å². The quantitative estimate of drug-likeness (QED) is 0.633. The fourth-order valence-corrected chi connectivity index (χ4v) is 3.17. The van der Waals surface area contributed by atoms with Gasteiger partial charge in [-0.2, -0.15) is 15.0 Å². The van der Waals surface area contributed by atoms with Crippen molar-refractivity contribution in [2.75, 3.05) is 32.7 Å². The number of aromatic nitrogens is 5. The van der Waals surface area contributed by atoms with Crippen molar-refractivity contribution in [3.8, 4) is 5.69 Å². The fourth-order valence-electron chi connectivity index (χ4n) is 3.17. The zero-order valence-electron chi connectivity index (χ0n) is 15.4. The van der Waals surface area contributed by atoms with Crippen molar-refractivity contribution in [1.29, 1.82) is 0 Å². The zero-order chi connectivity index (χ0) is 19.3. The molecule has 1 fully saturated rings. The molecular formula is C19H21N7O2. The Bertz CT molecular complexity index is 991. The highest BCUT2D eigenvalue weighted by Gasteiger charge is 2.24. The third-order valence-corrected chi connectivity index (χ3v) is 4.77. The lowest BCUT2D eigenvalue weighted by Gasteiger charge is -2.34. The number of piperazine rings is 1. The summed E-state index contributed by atoms with van der Waals surface area (Å²) in [4.78, 5) is 29.9. The Hall–Kier alpha value is -3.33. The summed E-state index contributed by atoms with van der Waals surface area (Å²) in [6.07, 6.45) is 3.12. The molecule has 1 saturated heterocycles. The number of rotatable bonds is 5. The van der Waals surface area contributed by atoms with E-state index in [4.69, 9.17) is 0 Å². The van der Waals surface area contributed by atoms with Crippen LogP contribution in [-0.4, -0.2) is 73.2 Å². The molecule has 1 aliphatic heterocycles. The number of carbonyl (C=O) groups is 1. The van der Waals surface area contributed by atoms with Gasteiger partial charge >= 0.3 is 0 Å². The van der Waals surface area contributed by atoms with E-state index < -0.39 is 0 Å². The van der Waals surface area contributed by atoms with E-state index in [-0.39, 0.29) is 11.5 Å². The van der Waals surface area contributed by atoms with E-state index in [1.165, 1.54) is 21.7 Å². The molecule has 1 amide bonds. The molecule has 28 heavy (non-hydrogen) atoms. The molecule has 9 heteroatoms. The molecule has 3 aromatic rings. The smallest absolute Gasteiger partial charge is 0.276 e. The Morgan fingerprint density at radius 3 is 2.46 bits per heavy atom. The average Bonchev–Trinajstić information content (AvgIpc) is 3.24. The Labute approximate surface area is 161 Å². The highest BCUT2D eigenvalue weighted by molar-refractivity contribution is 5.92. The Kier molecular flexibility index (Phi) is 5.24.